The molecule has 0 saturated heterocycles. The van der Waals surface area contributed by atoms with Gasteiger partial charge in [-0.05, 0) is 52.9 Å². The molecule has 0 saturated carbocycles. The van der Waals surface area contributed by atoms with Gasteiger partial charge in [-0.3, -0.25) is 0 Å². The zero-order valence-corrected chi connectivity index (χ0v) is 21.2. The Bertz CT molecular complexity index is 1600. The molecule has 0 aliphatic rings. The van der Waals surface area contributed by atoms with Crippen molar-refractivity contribution in [1.82, 2.24) is 4.57 Å². The molecule has 0 N–H and O–H groups in total. The van der Waals surface area contributed by atoms with Gasteiger partial charge in [-0.25, -0.2) is 4.57 Å². The predicted octanol–water partition coefficient (Wildman–Crippen LogP) is 8.28. The topological polar surface area (TPSA) is 8.81 Å². The van der Waals surface area contributed by atoms with Crippen molar-refractivity contribution in [2.75, 3.05) is 0 Å². The Morgan fingerprint density at radius 1 is 0.514 bits per heavy atom. The van der Waals surface area contributed by atoms with Gasteiger partial charge in [0, 0.05) is 11.1 Å². The highest BCUT2D eigenvalue weighted by Crippen LogP contribution is 2.41. The summed E-state index contributed by atoms with van der Waals surface area (Å²) in [5.74, 6) is 1.15. The third kappa shape index (κ3) is 4.28. The smallest absolute Gasteiger partial charge is 0.232 e. The van der Waals surface area contributed by atoms with Crippen LogP contribution in [0.25, 0.3) is 50.5 Å². The number of aryl methyl sites for hydroxylation is 2. The summed E-state index contributed by atoms with van der Waals surface area (Å²) in [7, 11) is 2.13. The lowest BCUT2D eigenvalue weighted by molar-refractivity contribution is -0.659. The highest BCUT2D eigenvalue weighted by Gasteiger charge is 2.27. The Labute approximate surface area is 218 Å². The van der Waals surface area contributed by atoms with Gasteiger partial charge in [0.25, 0.3) is 5.82 Å². The number of nitrogens with zero attached hydrogens (tertiary/aromatic N) is 2. The molecule has 0 atom stereocenters. The molecule has 6 aromatic rings. The maximum absolute atomic E-state index is 2.36. The Balaban J connectivity index is 1.74. The molecule has 0 unspecified atom stereocenters. The van der Waals surface area contributed by atoms with E-state index in [-0.39, 0.29) is 0 Å². The quantitative estimate of drug-likeness (QED) is 0.221. The van der Waals surface area contributed by atoms with Crippen molar-refractivity contribution < 1.29 is 4.57 Å². The average Bonchev–Trinajstić information content (AvgIpc) is 3.34. The molecule has 1 heterocycles. The molecule has 178 valence electrons. The summed E-state index contributed by atoms with van der Waals surface area (Å²) < 4.78 is 4.58. The van der Waals surface area contributed by atoms with Crippen LogP contribution in [0.4, 0.5) is 0 Å². The van der Waals surface area contributed by atoms with Crippen LogP contribution in [0.5, 0.6) is 0 Å². The van der Waals surface area contributed by atoms with Gasteiger partial charge in [0.2, 0.25) is 0 Å². The van der Waals surface area contributed by atoms with Gasteiger partial charge >= 0.3 is 0 Å². The molecular formula is C35H29N2+. The summed E-state index contributed by atoms with van der Waals surface area (Å²) in [4.78, 5) is 0. The minimum atomic E-state index is 1.15. The summed E-state index contributed by atoms with van der Waals surface area (Å²) in [5, 5.41) is 0. The van der Waals surface area contributed by atoms with Crippen LogP contribution in [0.2, 0.25) is 0 Å². The minimum Gasteiger partial charge on any atom is -0.232 e. The number of benzene rings is 5. The zero-order chi connectivity index (χ0) is 25.2. The summed E-state index contributed by atoms with van der Waals surface area (Å²) in [5.41, 5.74) is 10.9. The Morgan fingerprint density at radius 2 is 1.00 bits per heavy atom. The van der Waals surface area contributed by atoms with Crippen molar-refractivity contribution in [3.05, 3.63) is 145 Å². The second kappa shape index (κ2) is 9.75. The van der Waals surface area contributed by atoms with Crippen LogP contribution >= 0.6 is 0 Å². The average molecular weight is 478 g/mol. The van der Waals surface area contributed by atoms with Gasteiger partial charge in [0.05, 0.1) is 12.6 Å². The summed E-state index contributed by atoms with van der Waals surface area (Å²) in [6.45, 7) is 2.18. The van der Waals surface area contributed by atoms with E-state index in [1.807, 2.05) is 0 Å². The minimum absolute atomic E-state index is 1.15. The molecule has 0 aliphatic heterocycles. The van der Waals surface area contributed by atoms with Crippen LogP contribution in [-0.4, -0.2) is 4.57 Å². The van der Waals surface area contributed by atoms with Gasteiger partial charge in [0.15, 0.2) is 0 Å². The lowest BCUT2D eigenvalue weighted by Gasteiger charge is -2.17. The summed E-state index contributed by atoms with van der Waals surface area (Å²) in [6.07, 6.45) is 4.34. The molecule has 5 aromatic carbocycles. The molecule has 37 heavy (non-hydrogen) atoms. The first kappa shape index (κ1) is 22.8. The van der Waals surface area contributed by atoms with E-state index in [4.69, 9.17) is 0 Å². The number of imidazole rings is 1. The SMILES string of the molecule is Cc1ccccc1-c1n(-c2c(-c3ccccc3)cc(-c3ccccc3)cc2-c2ccccc2)cc[n+]1C. The van der Waals surface area contributed by atoms with E-state index in [0.717, 1.165) is 5.82 Å². The van der Waals surface area contributed by atoms with E-state index in [0.29, 0.717) is 0 Å². The zero-order valence-electron chi connectivity index (χ0n) is 21.2. The largest absolute Gasteiger partial charge is 0.294 e. The molecule has 0 amide bonds. The van der Waals surface area contributed by atoms with Crippen molar-refractivity contribution in [1.29, 1.82) is 0 Å². The molecule has 0 spiro atoms. The lowest BCUT2D eigenvalue weighted by Crippen LogP contribution is -2.29. The van der Waals surface area contributed by atoms with Crippen molar-refractivity contribution in [3.8, 4) is 50.5 Å². The fourth-order valence-corrected chi connectivity index (χ4v) is 5.17. The Morgan fingerprint density at radius 3 is 1.54 bits per heavy atom. The lowest BCUT2D eigenvalue weighted by atomic mass is 9.90. The van der Waals surface area contributed by atoms with Crippen LogP contribution in [0, 0.1) is 6.92 Å². The Kier molecular flexibility index (Phi) is 6.00. The standard InChI is InChI=1S/C35H29N2/c1-26-14-12-13-21-31(26)35-36(2)22-23-37(35)34-32(28-17-8-4-9-18-28)24-30(27-15-6-3-7-16-27)25-33(34)29-19-10-5-11-20-29/h3-25H,1-2H3/q+1. The van der Waals surface area contributed by atoms with E-state index < -0.39 is 0 Å². The number of hydrogen-bond acceptors (Lipinski definition) is 0. The number of aromatic nitrogens is 2. The van der Waals surface area contributed by atoms with E-state index in [1.54, 1.807) is 0 Å². The van der Waals surface area contributed by atoms with Crippen molar-refractivity contribution in [2.24, 2.45) is 7.05 Å². The van der Waals surface area contributed by atoms with Crippen LogP contribution in [0.3, 0.4) is 0 Å². The number of rotatable bonds is 5. The van der Waals surface area contributed by atoms with Gasteiger partial charge in [-0.1, -0.05) is 109 Å². The van der Waals surface area contributed by atoms with Crippen LogP contribution in [0.15, 0.2) is 140 Å². The maximum Gasteiger partial charge on any atom is 0.294 e. The van der Waals surface area contributed by atoms with Crippen molar-refractivity contribution in [3.63, 3.8) is 0 Å². The van der Waals surface area contributed by atoms with E-state index >= 15 is 0 Å². The van der Waals surface area contributed by atoms with Gasteiger partial charge < -0.3 is 0 Å². The Hall–Kier alpha value is -4.69. The monoisotopic (exact) mass is 477 g/mol. The highest BCUT2D eigenvalue weighted by molar-refractivity contribution is 5.91. The second-order valence-corrected chi connectivity index (χ2v) is 9.44. The molecule has 2 nitrogen and oxygen atoms in total. The van der Waals surface area contributed by atoms with Crippen LogP contribution in [-0.2, 0) is 7.05 Å². The van der Waals surface area contributed by atoms with Gasteiger partial charge in [-0.2, -0.15) is 4.57 Å². The fraction of sp³-hybridized carbons (Fsp3) is 0.0571. The van der Waals surface area contributed by atoms with Crippen LogP contribution in [0.1, 0.15) is 5.56 Å². The molecule has 1 aromatic heterocycles. The first-order valence-corrected chi connectivity index (χ1v) is 12.7. The van der Waals surface area contributed by atoms with E-state index in [1.165, 1.54) is 50.2 Å². The first-order valence-electron chi connectivity index (χ1n) is 12.7. The van der Waals surface area contributed by atoms with E-state index in [9.17, 15) is 0 Å². The fourth-order valence-electron chi connectivity index (χ4n) is 5.17. The maximum atomic E-state index is 2.36. The molecule has 2 heteroatoms. The highest BCUT2D eigenvalue weighted by atomic mass is 15.1. The molecule has 0 aliphatic carbocycles. The summed E-state index contributed by atoms with van der Waals surface area (Å²) in [6, 6.07) is 45.4. The second-order valence-electron chi connectivity index (χ2n) is 9.44. The molecule has 0 radical (unpaired) electrons. The van der Waals surface area contributed by atoms with Crippen molar-refractivity contribution >= 4 is 0 Å². The van der Waals surface area contributed by atoms with Gasteiger partial charge in [-0.15, -0.1) is 0 Å². The third-order valence-electron chi connectivity index (χ3n) is 7.02. The third-order valence-corrected chi connectivity index (χ3v) is 7.02. The van der Waals surface area contributed by atoms with Crippen LogP contribution < -0.4 is 4.57 Å². The molecule has 6 rings (SSSR count). The van der Waals surface area contributed by atoms with Crippen molar-refractivity contribution in [2.45, 2.75) is 6.92 Å². The predicted molar refractivity (Wildman–Crippen MR) is 153 cm³/mol. The molecule has 0 fully saturated rings. The number of hydrogen-bond donors (Lipinski definition) is 0. The first-order chi connectivity index (χ1) is 18.2. The summed E-state index contributed by atoms with van der Waals surface area (Å²) >= 11 is 0. The molecular weight excluding hydrogens is 448 g/mol. The molecule has 0 bridgehead atoms. The van der Waals surface area contributed by atoms with E-state index in [2.05, 4.69) is 163 Å². The normalized spacial score (nSPS) is 11.0. The van der Waals surface area contributed by atoms with Gasteiger partial charge in [0.1, 0.15) is 18.1 Å².